The van der Waals surface area contributed by atoms with E-state index in [1.54, 1.807) is 0 Å². The van der Waals surface area contributed by atoms with Crippen LogP contribution in [0.4, 0.5) is 0 Å². The standard InChI is InChI=1S/C20H19N/c1-15-8-10-18(11-9-15)20-14-19(12-13-21-20)16(2)17-6-4-3-5-7-17/h3-14,16H,1-2H3. The van der Waals surface area contributed by atoms with Crippen LogP contribution in [0, 0.1) is 6.92 Å². The van der Waals surface area contributed by atoms with E-state index in [0.29, 0.717) is 5.92 Å². The topological polar surface area (TPSA) is 12.9 Å². The number of rotatable bonds is 3. The summed E-state index contributed by atoms with van der Waals surface area (Å²) in [5.41, 5.74) is 6.11. The van der Waals surface area contributed by atoms with Crippen molar-refractivity contribution in [2.45, 2.75) is 19.8 Å². The average Bonchev–Trinajstić information content (AvgIpc) is 2.56. The third-order valence-corrected chi connectivity index (χ3v) is 3.93. The van der Waals surface area contributed by atoms with Gasteiger partial charge in [0.25, 0.3) is 0 Å². The predicted octanol–water partition coefficient (Wildman–Crippen LogP) is 5.21. The summed E-state index contributed by atoms with van der Waals surface area (Å²) >= 11 is 0. The van der Waals surface area contributed by atoms with E-state index in [1.807, 2.05) is 6.20 Å². The second-order valence-electron chi connectivity index (χ2n) is 5.47. The van der Waals surface area contributed by atoms with Gasteiger partial charge < -0.3 is 0 Å². The monoisotopic (exact) mass is 273 g/mol. The van der Waals surface area contributed by atoms with E-state index in [9.17, 15) is 0 Å². The van der Waals surface area contributed by atoms with Crippen LogP contribution in [0.1, 0.15) is 29.5 Å². The minimum Gasteiger partial charge on any atom is -0.256 e. The second-order valence-corrected chi connectivity index (χ2v) is 5.47. The van der Waals surface area contributed by atoms with Crippen LogP contribution in [0.5, 0.6) is 0 Å². The molecule has 0 aliphatic carbocycles. The highest BCUT2D eigenvalue weighted by Crippen LogP contribution is 2.26. The molecule has 1 unspecified atom stereocenters. The minimum absolute atomic E-state index is 0.374. The van der Waals surface area contributed by atoms with Crippen LogP contribution in [0.25, 0.3) is 11.3 Å². The van der Waals surface area contributed by atoms with Gasteiger partial charge in [-0.2, -0.15) is 0 Å². The first-order valence-corrected chi connectivity index (χ1v) is 7.32. The van der Waals surface area contributed by atoms with Crippen molar-refractivity contribution in [1.29, 1.82) is 0 Å². The lowest BCUT2D eigenvalue weighted by atomic mass is 9.93. The zero-order chi connectivity index (χ0) is 14.7. The van der Waals surface area contributed by atoms with Crippen molar-refractivity contribution >= 4 is 0 Å². The summed E-state index contributed by atoms with van der Waals surface area (Å²) in [7, 11) is 0. The number of hydrogen-bond acceptors (Lipinski definition) is 1. The van der Waals surface area contributed by atoms with E-state index in [4.69, 9.17) is 0 Å². The molecule has 21 heavy (non-hydrogen) atoms. The molecule has 0 fully saturated rings. The van der Waals surface area contributed by atoms with Crippen molar-refractivity contribution in [2.24, 2.45) is 0 Å². The number of pyridine rings is 1. The Morgan fingerprint density at radius 1 is 0.810 bits per heavy atom. The van der Waals surface area contributed by atoms with Crippen LogP contribution >= 0.6 is 0 Å². The number of aromatic nitrogens is 1. The van der Waals surface area contributed by atoms with Crippen molar-refractivity contribution in [2.75, 3.05) is 0 Å². The summed E-state index contributed by atoms with van der Waals surface area (Å²) in [5.74, 6) is 0.374. The Morgan fingerprint density at radius 3 is 2.24 bits per heavy atom. The molecule has 1 heteroatoms. The van der Waals surface area contributed by atoms with Gasteiger partial charge in [-0.25, -0.2) is 0 Å². The van der Waals surface area contributed by atoms with Gasteiger partial charge >= 0.3 is 0 Å². The largest absolute Gasteiger partial charge is 0.256 e. The molecule has 0 saturated carbocycles. The van der Waals surface area contributed by atoms with Crippen molar-refractivity contribution in [1.82, 2.24) is 4.98 Å². The maximum absolute atomic E-state index is 4.52. The van der Waals surface area contributed by atoms with Crippen molar-refractivity contribution in [3.05, 3.63) is 89.6 Å². The molecule has 1 atom stereocenters. The summed E-state index contributed by atoms with van der Waals surface area (Å²) in [6.45, 7) is 4.34. The molecule has 0 bridgehead atoms. The van der Waals surface area contributed by atoms with E-state index in [0.717, 1.165) is 5.69 Å². The molecule has 3 aromatic rings. The molecular formula is C20H19N. The zero-order valence-electron chi connectivity index (χ0n) is 12.5. The Hall–Kier alpha value is -2.41. The molecule has 0 amide bonds. The van der Waals surface area contributed by atoms with Crippen molar-refractivity contribution < 1.29 is 0 Å². The van der Waals surface area contributed by atoms with E-state index >= 15 is 0 Å². The average molecular weight is 273 g/mol. The first kappa shape index (κ1) is 13.6. The molecular weight excluding hydrogens is 254 g/mol. The van der Waals surface area contributed by atoms with Crippen molar-refractivity contribution in [3.8, 4) is 11.3 Å². The number of aryl methyl sites for hydroxylation is 1. The Balaban J connectivity index is 1.95. The molecule has 0 N–H and O–H groups in total. The fourth-order valence-electron chi connectivity index (χ4n) is 2.53. The molecule has 1 aromatic heterocycles. The lowest BCUT2D eigenvalue weighted by Gasteiger charge is -2.13. The highest BCUT2D eigenvalue weighted by atomic mass is 14.7. The molecule has 1 heterocycles. The molecule has 0 spiro atoms. The Bertz CT molecular complexity index is 714. The number of benzene rings is 2. The number of nitrogens with zero attached hydrogens (tertiary/aromatic N) is 1. The maximum Gasteiger partial charge on any atom is 0.0704 e. The van der Waals surface area contributed by atoms with Gasteiger partial charge in [-0.1, -0.05) is 67.1 Å². The fourth-order valence-corrected chi connectivity index (χ4v) is 2.53. The van der Waals surface area contributed by atoms with E-state index in [1.165, 1.54) is 22.3 Å². The maximum atomic E-state index is 4.52. The third kappa shape index (κ3) is 3.03. The van der Waals surface area contributed by atoms with Crippen LogP contribution < -0.4 is 0 Å². The van der Waals surface area contributed by atoms with E-state index < -0.39 is 0 Å². The highest BCUT2D eigenvalue weighted by molar-refractivity contribution is 5.60. The molecule has 0 saturated heterocycles. The van der Waals surface area contributed by atoms with Gasteiger partial charge in [-0.3, -0.25) is 4.98 Å². The molecule has 1 nitrogen and oxygen atoms in total. The highest BCUT2D eigenvalue weighted by Gasteiger charge is 2.09. The summed E-state index contributed by atoms with van der Waals surface area (Å²) in [5, 5.41) is 0. The lowest BCUT2D eigenvalue weighted by Crippen LogP contribution is -1.97. The molecule has 0 aliphatic rings. The normalized spacial score (nSPS) is 12.1. The van der Waals surface area contributed by atoms with Gasteiger partial charge in [0, 0.05) is 17.7 Å². The zero-order valence-corrected chi connectivity index (χ0v) is 12.5. The van der Waals surface area contributed by atoms with E-state index in [2.05, 4.69) is 85.6 Å². The molecule has 0 aliphatic heterocycles. The van der Waals surface area contributed by atoms with Gasteiger partial charge in [-0.05, 0) is 30.2 Å². The number of hydrogen-bond donors (Lipinski definition) is 0. The second kappa shape index (κ2) is 5.92. The summed E-state index contributed by atoms with van der Waals surface area (Å²) < 4.78 is 0. The van der Waals surface area contributed by atoms with E-state index in [-0.39, 0.29) is 0 Å². The van der Waals surface area contributed by atoms with Crippen LogP contribution in [0.3, 0.4) is 0 Å². The minimum atomic E-state index is 0.374. The van der Waals surface area contributed by atoms with Gasteiger partial charge in [0.1, 0.15) is 0 Å². The smallest absolute Gasteiger partial charge is 0.0704 e. The molecule has 3 rings (SSSR count). The summed E-state index contributed by atoms with van der Waals surface area (Å²) in [6.07, 6.45) is 1.91. The molecule has 0 radical (unpaired) electrons. The van der Waals surface area contributed by atoms with Gasteiger partial charge in [-0.15, -0.1) is 0 Å². The predicted molar refractivity (Wildman–Crippen MR) is 88.4 cm³/mol. The SMILES string of the molecule is Cc1ccc(-c2cc(C(C)c3ccccc3)ccn2)cc1. The first-order chi connectivity index (χ1) is 10.2. The molecule has 2 aromatic carbocycles. The third-order valence-electron chi connectivity index (χ3n) is 3.93. The fraction of sp³-hybridized carbons (Fsp3) is 0.150. The van der Waals surface area contributed by atoms with Crippen molar-refractivity contribution in [3.63, 3.8) is 0 Å². The summed E-state index contributed by atoms with van der Waals surface area (Å²) in [4.78, 5) is 4.52. The lowest BCUT2D eigenvalue weighted by molar-refractivity contribution is 0.918. The van der Waals surface area contributed by atoms with Crippen LogP contribution in [-0.4, -0.2) is 4.98 Å². The van der Waals surface area contributed by atoms with Gasteiger partial charge in [0.2, 0.25) is 0 Å². The summed E-state index contributed by atoms with van der Waals surface area (Å²) in [6, 6.07) is 23.4. The van der Waals surface area contributed by atoms with Gasteiger partial charge in [0.05, 0.1) is 5.69 Å². The Labute approximate surface area is 126 Å². The van der Waals surface area contributed by atoms with Crippen LogP contribution in [-0.2, 0) is 0 Å². The first-order valence-electron chi connectivity index (χ1n) is 7.32. The quantitative estimate of drug-likeness (QED) is 0.638. The van der Waals surface area contributed by atoms with Gasteiger partial charge in [0.15, 0.2) is 0 Å². The Morgan fingerprint density at radius 2 is 1.52 bits per heavy atom. The van der Waals surface area contributed by atoms with Crippen LogP contribution in [0.2, 0.25) is 0 Å². The molecule has 104 valence electrons. The Kier molecular flexibility index (Phi) is 3.83. The van der Waals surface area contributed by atoms with Crippen LogP contribution in [0.15, 0.2) is 72.9 Å².